The van der Waals surface area contributed by atoms with Gasteiger partial charge in [-0.05, 0) is 24.2 Å². The van der Waals surface area contributed by atoms with Gasteiger partial charge in [0.25, 0.3) is 0 Å². The third kappa shape index (κ3) is 3.71. The summed E-state index contributed by atoms with van der Waals surface area (Å²) in [6.45, 7) is 13.6. The fourth-order valence-electron chi connectivity index (χ4n) is 2.54. The number of hydrogen-bond donors (Lipinski definition) is 0. The molecule has 19 heavy (non-hydrogen) atoms. The van der Waals surface area contributed by atoms with Crippen LogP contribution in [0.4, 0.5) is 0 Å². The van der Waals surface area contributed by atoms with Crippen molar-refractivity contribution < 1.29 is 14.3 Å². The van der Waals surface area contributed by atoms with Crippen molar-refractivity contribution in [3.05, 3.63) is 0 Å². The van der Waals surface area contributed by atoms with E-state index < -0.39 is 17.3 Å². The Balaban J connectivity index is 2.87. The van der Waals surface area contributed by atoms with Gasteiger partial charge in [-0.15, -0.1) is 0 Å². The Morgan fingerprint density at radius 3 is 2.05 bits per heavy atom. The van der Waals surface area contributed by atoms with Crippen LogP contribution in [0, 0.1) is 23.2 Å². The van der Waals surface area contributed by atoms with Crippen LogP contribution in [0.1, 0.15) is 41.5 Å². The Kier molecular flexibility index (Phi) is 4.99. The zero-order chi connectivity index (χ0) is 14.8. The van der Waals surface area contributed by atoms with Crippen molar-refractivity contribution in [2.45, 2.75) is 41.5 Å². The molecule has 110 valence electrons. The van der Waals surface area contributed by atoms with E-state index in [9.17, 15) is 9.59 Å². The molecule has 0 aromatic heterocycles. The van der Waals surface area contributed by atoms with Gasteiger partial charge in [-0.1, -0.05) is 34.6 Å². The fourth-order valence-corrected chi connectivity index (χ4v) is 2.54. The number of nitrogens with zero attached hydrogens (tertiary/aromatic N) is 1. The molecule has 3 unspecified atom stereocenters. The van der Waals surface area contributed by atoms with E-state index in [0.717, 1.165) is 13.1 Å². The van der Waals surface area contributed by atoms with Crippen molar-refractivity contribution in [1.82, 2.24) is 4.90 Å². The highest BCUT2D eigenvalue weighted by atomic mass is 16.5. The first-order valence-electron chi connectivity index (χ1n) is 7.13. The second-order valence-corrected chi connectivity index (χ2v) is 6.75. The Labute approximate surface area is 116 Å². The van der Waals surface area contributed by atoms with E-state index in [0.29, 0.717) is 18.4 Å². The third-order valence-corrected chi connectivity index (χ3v) is 3.94. The lowest BCUT2D eigenvalue weighted by molar-refractivity contribution is -0.160. The van der Waals surface area contributed by atoms with Crippen LogP contribution in [-0.4, -0.2) is 36.5 Å². The predicted octanol–water partition coefficient (Wildman–Crippen LogP) is 2.33. The lowest BCUT2D eigenvalue weighted by atomic mass is 9.79. The Hall–Kier alpha value is -1.06. The molecular formula is C15H27NO3. The van der Waals surface area contributed by atoms with Gasteiger partial charge in [0.15, 0.2) is 0 Å². The smallest absolute Gasteiger partial charge is 0.319 e. The van der Waals surface area contributed by atoms with Gasteiger partial charge < -0.3 is 9.64 Å². The maximum absolute atomic E-state index is 12.6. The lowest BCUT2D eigenvalue weighted by Crippen LogP contribution is -2.45. The quantitative estimate of drug-likeness (QED) is 0.583. The van der Waals surface area contributed by atoms with E-state index >= 15 is 0 Å². The van der Waals surface area contributed by atoms with Crippen LogP contribution in [0.25, 0.3) is 0 Å². The number of ether oxygens (including phenoxy) is 1. The van der Waals surface area contributed by atoms with Gasteiger partial charge in [0.1, 0.15) is 5.92 Å². The van der Waals surface area contributed by atoms with E-state index in [1.54, 1.807) is 6.92 Å². The van der Waals surface area contributed by atoms with Gasteiger partial charge in [-0.2, -0.15) is 0 Å². The highest BCUT2D eigenvalue weighted by Gasteiger charge is 2.43. The maximum Gasteiger partial charge on any atom is 0.319 e. The van der Waals surface area contributed by atoms with Gasteiger partial charge in [0.2, 0.25) is 5.91 Å². The predicted molar refractivity (Wildman–Crippen MR) is 74.5 cm³/mol. The standard InChI is InChI=1S/C15H27NO3/c1-7-19-14(18)12(15(4,5)6)13(17)16-8-10(2)11(3)9-16/h10-12H,7-9H2,1-6H3. The Bertz CT molecular complexity index is 336. The first kappa shape index (κ1) is 16.0. The molecule has 1 amide bonds. The highest BCUT2D eigenvalue weighted by molar-refractivity contribution is 5.98. The number of hydrogen-bond acceptors (Lipinski definition) is 3. The zero-order valence-corrected chi connectivity index (χ0v) is 13.0. The summed E-state index contributed by atoms with van der Waals surface area (Å²) in [6.07, 6.45) is 0. The lowest BCUT2D eigenvalue weighted by Gasteiger charge is -2.31. The molecule has 0 aliphatic carbocycles. The molecule has 1 aliphatic heterocycles. The fraction of sp³-hybridized carbons (Fsp3) is 0.867. The average molecular weight is 269 g/mol. The normalized spacial score (nSPS) is 25.3. The first-order valence-corrected chi connectivity index (χ1v) is 7.13. The molecule has 0 spiro atoms. The minimum Gasteiger partial charge on any atom is -0.465 e. The summed E-state index contributed by atoms with van der Waals surface area (Å²) in [4.78, 5) is 26.5. The molecule has 0 N–H and O–H groups in total. The molecule has 0 aromatic rings. The molecule has 0 bridgehead atoms. The van der Waals surface area contributed by atoms with Crippen LogP contribution in [0.15, 0.2) is 0 Å². The van der Waals surface area contributed by atoms with E-state index in [1.165, 1.54) is 0 Å². The topological polar surface area (TPSA) is 46.6 Å². The zero-order valence-electron chi connectivity index (χ0n) is 13.0. The first-order chi connectivity index (χ1) is 8.68. The van der Waals surface area contributed by atoms with Crippen molar-refractivity contribution in [1.29, 1.82) is 0 Å². The van der Waals surface area contributed by atoms with Crippen LogP contribution in [0.2, 0.25) is 0 Å². The SMILES string of the molecule is CCOC(=O)C(C(=O)N1CC(C)C(C)C1)C(C)(C)C. The number of carbonyl (C=O) groups is 2. The van der Waals surface area contributed by atoms with Crippen LogP contribution in [0.5, 0.6) is 0 Å². The highest BCUT2D eigenvalue weighted by Crippen LogP contribution is 2.32. The van der Waals surface area contributed by atoms with Gasteiger partial charge in [0.05, 0.1) is 6.61 Å². The van der Waals surface area contributed by atoms with Crippen molar-refractivity contribution in [3.8, 4) is 0 Å². The molecule has 0 saturated carbocycles. The maximum atomic E-state index is 12.6. The minimum atomic E-state index is -0.704. The summed E-state index contributed by atoms with van der Waals surface area (Å²) in [6, 6.07) is 0. The molecule has 1 rings (SSSR count). The molecule has 0 radical (unpaired) electrons. The van der Waals surface area contributed by atoms with Crippen LogP contribution in [0.3, 0.4) is 0 Å². The van der Waals surface area contributed by atoms with Crippen molar-refractivity contribution >= 4 is 11.9 Å². The monoisotopic (exact) mass is 269 g/mol. The van der Waals surface area contributed by atoms with Gasteiger partial charge in [0, 0.05) is 13.1 Å². The Morgan fingerprint density at radius 1 is 1.21 bits per heavy atom. The van der Waals surface area contributed by atoms with E-state index in [-0.39, 0.29) is 5.91 Å². The molecule has 3 atom stereocenters. The summed E-state index contributed by atoms with van der Waals surface area (Å²) >= 11 is 0. The molecule has 1 saturated heterocycles. The van der Waals surface area contributed by atoms with Crippen LogP contribution >= 0.6 is 0 Å². The number of rotatable bonds is 3. The summed E-state index contributed by atoms with van der Waals surface area (Å²) in [7, 11) is 0. The van der Waals surface area contributed by atoms with Crippen LogP contribution < -0.4 is 0 Å². The molecular weight excluding hydrogens is 242 g/mol. The minimum absolute atomic E-state index is 0.0813. The van der Waals surface area contributed by atoms with Crippen molar-refractivity contribution in [3.63, 3.8) is 0 Å². The number of amides is 1. The molecule has 4 heteroatoms. The summed E-state index contributed by atoms with van der Waals surface area (Å²) in [5.74, 6) is -0.196. The number of carbonyl (C=O) groups excluding carboxylic acids is 2. The van der Waals surface area contributed by atoms with E-state index in [1.807, 2.05) is 25.7 Å². The van der Waals surface area contributed by atoms with E-state index in [4.69, 9.17) is 4.74 Å². The molecule has 4 nitrogen and oxygen atoms in total. The molecule has 1 fully saturated rings. The Morgan fingerprint density at radius 2 is 1.68 bits per heavy atom. The van der Waals surface area contributed by atoms with Crippen LogP contribution in [-0.2, 0) is 14.3 Å². The van der Waals surface area contributed by atoms with Crippen molar-refractivity contribution in [2.75, 3.05) is 19.7 Å². The van der Waals surface area contributed by atoms with Gasteiger partial charge in [-0.25, -0.2) is 0 Å². The second kappa shape index (κ2) is 5.93. The summed E-state index contributed by atoms with van der Waals surface area (Å²) in [5.41, 5.74) is -0.418. The van der Waals surface area contributed by atoms with Gasteiger partial charge >= 0.3 is 5.97 Å². The molecule has 0 aromatic carbocycles. The summed E-state index contributed by atoms with van der Waals surface area (Å²) < 4.78 is 5.08. The van der Waals surface area contributed by atoms with Crippen molar-refractivity contribution in [2.24, 2.45) is 23.2 Å². The van der Waals surface area contributed by atoms with Gasteiger partial charge in [-0.3, -0.25) is 9.59 Å². The number of esters is 1. The largest absolute Gasteiger partial charge is 0.465 e. The summed E-state index contributed by atoms with van der Waals surface area (Å²) in [5, 5.41) is 0. The third-order valence-electron chi connectivity index (χ3n) is 3.94. The molecule has 1 aliphatic rings. The average Bonchev–Trinajstić information content (AvgIpc) is 2.57. The van der Waals surface area contributed by atoms with E-state index in [2.05, 4.69) is 13.8 Å². The second-order valence-electron chi connectivity index (χ2n) is 6.75. The molecule has 1 heterocycles. The number of likely N-dealkylation sites (tertiary alicyclic amines) is 1.